The van der Waals surface area contributed by atoms with Crippen molar-refractivity contribution < 1.29 is 22.7 Å². The number of anilines is 1. The Hall–Kier alpha value is -2.07. The first-order valence-electron chi connectivity index (χ1n) is 6.39. The van der Waals surface area contributed by atoms with Gasteiger partial charge in [0.1, 0.15) is 12.2 Å². The van der Waals surface area contributed by atoms with Crippen LogP contribution < -0.4 is 5.32 Å². The molecule has 2 unspecified atom stereocenters. The molecule has 1 aliphatic rings. The van der Waals surface area contributed by atoms with Gasteiger partial charge >= 0.3 is 6.18 Å². The number of amides is 1. The van der Waals surface area contributed by atoms with Crippen LogP contribution in [0.3, 0.4) is 0 Å². The number of nitrogens with zero attached hydrogens (tertiary/aromatic N) is 1. The number of nitrogens with one attached hydrogen (secondary N) is 1. The molecule has 0 aliphatic carbocycles. The monoisotopic (exact) mass is 298 g/mol. The van der Waals surface area contributed by atoms with Crippen molar-refractivity contribution in [2.24, 2.45) is 0 Å². The minimum Gasteiger partial charge on any atom is -0.365 e. The summed E-state index contributed by atoms with van der Waals surface area (Å²) in [6.07, 6.45) is -3.89. The summed E-state index contributed by atoms with van der Waals surface area (Å²) in [6.45, 7) is 1.84. The fraction of sp³-hybridized carbons (Fsp3) is 0.429. The summed E-state index contributed by atoms with van der Waals surface area (Å²) >= 11 is 0. The van der Waals surface area contributed by atoms with Crippen molar-refractivity contribution in [1.29, 1.82) is 5.26 Å². The van der Waals surface area contributed by atoms with Gasteiger partial charge in [-0.1, -0.05) is 0 Å². The van der Waals surface area contributed by atoms with Crippen molar-refractivity contribution in [3.05, 3.63) is 29.3 Å². The van der Waals surface area contributed by atoms with Crippen LogP contribution in [0.5, 0.6) is 0 Å². The predicted molar refractivity (Wildman–Crippen MR) is 68.4 cm³/mol. The molecule has 1 aromatic rings. The zero-order valence-electron chi connectivity index (χ0n) is 11.2. The smallest absolute Gasteiger partial charge is 0.365 e. The second kappa shape index (κ2) is 5.74. The first kappa shape index (κ1) is 15.3. The molecule has 21 heavy (non-hydrogen) atoms. The first-order chi connectivity index (χ1) is 9.81. The normalized spacial score (nSPS) is 21.9. The lowest BCUT2D eigenvalue weighted by molar-refractivity contribution is -0.137. The third-order valence-corrected chi connectivity index (χ3v) is 3.25. The van der Waals surface area contributed by atoms with Crippen LogP contribution in [0.1, 0.15) is 30.9 Å². The van der Waals surface area contributed by atoms with E-state index >= 15 is 0 Å². The summed E-state index contributed by atoms with van der Waals surface area (Å²) in [5.74, 6) is -0.449. The Kier molecular flexibility index (Phi) is 4.19. The maximum atomic E-state index is 12.6. The van der Waals surface area contributed by atoms with Gasteiger partial charge in [0.05, 0.1) is 22.9 Å². The Morgan fingerprint density at radius 1 is 1.43 bits per heavy atom. The molecule has 1 aliphatic heterocycles. The maximum absolute atomic E-state index is 12.6. The van der Waals surface area contributed by atoms with E-state index in [0.29, 0.717) is 12.5 Å². The van der Waals surface area contributed by atoms with E-state index in [1.54, 1.807) is 6.07 Å². The van der Waals surface area contributed by atoms with Crippen molar-refractivity contribution in [3.8, 4) is 6.07 Å². The van der Waals surface area contributed by atoms with Gasteiger partial charge in [-0.25, -0.2) is 0 Å². The number of rotatable bonds is 2. The Morgan fingerprint density at radius 2 is 2.14 bits per heavy atom. The van der Waals surface area contributed by atoms with Crippen LogP contribution in [0.2, 0.25) is 0 Å². The summed E-state index contributed by atoms with van der Waals surface area (Å²) in [5.41, 5.74) is -1.11. The van der Waals surface area contributed by atoms with E-state index in [9.17, 15) is 18.0 Å². The lowest BCUT2D eigenvalue weighted by atomic mass is 10.1. The minimum atomic E-state index is -4.53. The lowest BCUT2D eigenvalue weighted by Crippen LogP contribution is -2.28. The fourth-order valence-corrected chi connectivity index (χ4v) is 2.13. The first-order valence-corrected chi connectivity index (χ1v) is 6.39. The van der Waals surface area contributed by atoms with E-state index in [4.69, 9.17) is 10.00 Å². The summed E-state index contributed by atoms with van der Waals surface area (Å²) in [5, 5.41) is 11.4. The minimum absolute atomic E-state index is 0.0243. The number of hydrogen-bond acceptors (Lipinski definition) is 3. The molecular weight excluding hydrogens is 285 g/mol. The lowest BCUT2D eigenvalue weighted by Gasteiger charge is -2.14. The van der Waals surface area contributed by atoms with E-state index in [1.165, 1.54) is 0 Å². The van der Waals surface area contributed by atoms with Crippen molar-refractivity contribution >= 4 is 11.6 Å². The molecule has 1 heterocycles. The predicted octanol–water partition coefficient (Wildman–Crippen LogP) is 3.08. The Morgan fingerprint density at radius 3 is 2.67 bits per heavy atom. The van der Waals surface area contributed by atoms with E-state index in [-0.39, 0.29) is 17.4 Å². The molecule has 1 saturated heterocycles. The van der Waals surface area contributed by atoms with Crippen LogP contribution in [0.25, 0.3) is 0 Å². The zero-order chi connectivity index (χ0) is 15.6. The average Bonchev–Trinajstić information content (AvgIpc) is 2.84. The molecule has 112 valence electrons. The molecule has 2 atom stereocenters. The van der Waals surface area contributed by atoms with E-state index in [2.05, 4.69) is 5.32 Å². The number of carbonyl (C=O) groups is 1. The fourth-order valence-electron chi connectivity index (χ4n) is 2.13. The van der Waals surface area contributed by atoms with Crippen LogP contribution in [0.4, 0.5) is 18.9 Å². The molecular formula is C14H13F3N2O2. The van der Waals surface area contributed by atoms with Crippen LogP contribution >= 0.6 is 0 Å². The number of nitriles is 1. The second-order valence-electron chi connectivity index (χ2n) is 4.87. The molecule has 1 N–H and O–H groups in total. The van der Waals surface area contributed by atoms with Gasteiger partial charge in [-0.15, -0.1) is 0 Å². The maximum Gasteiger partial charge on any atom is 0.416 e. The van der Waals surface area contributed by atoms with Crippen LogP contribution in [-0.2, 0) is 15.7 Å². The number of hydrogen-bond donors (Lipinski definition) is 1. The van der Waals surface area contributed by atoms with Crippen molar-refractivity contribution in [2.75, 3.05) is 5.32 Å². The van der Waals surface area contributed by atoms with E-state index in [1.807, 2.05) is 6.92 Å². The van der Waals surface area contributed by atoms with Crippen molar-refractivity contribution in [1.82, 2.24) is 0 Å². The highest BCUT2D eigenvalue weighted by Crippen LogP contribution is 2.32. The third kappa shape index (κ3) is 3.52. The quantitative estimate of drug-likeness (QED) is 0.912. The number of alkyl halides is 3. The largest absolute Gasteiger partial charge is 0.416 e. The average molecular weight is 298 g/mol. The van der Waals surface area contributed by atoms with Crippen molar-refractivity contribution in [3.63, 3.8) is 0 Å². The number of benzene rings is 1. The third-order valence-electron chi connectivity index (χ3n) is 3.25. The molecule has 0 spiro atoms. The topological polar surface area (TPSA) is 62.1 Å². The number of ether oxygens (including phenoxy) is 1. The van der Waals surface area contributed by atoms with E-state index < -0.39 is 23.8 Å². The van der Waals surface area contributed by atoms with Crippen LogP contribution in [0.15, 0.2) is 18.2 Å². The molecule has 0 bridgehead atoms. The highest BCUT2D eigenvalue weighted by molar-refractivity contribution is 5.95. The van der Waals surface area contributed by atoms with Gasteiger partial charge < -0.3 is 10.1 Å². The molecule has 1 amide bonds. The molecule has 1 fully saturated rings. The Balaban J connectivity index is 2.17. The summed E-state index contributed by atoms with van der Waals surface area (Å²) in [4.78, 5) is 11.9. The summed E-state index contributed by atoms with van der Waals surface area (Å²) in [7, 11) is 0. The van der Waals surface area contributed by atoms with Gasteiger partial charge in [0.25, 0.3) is 5.91 Å². The van der Waals surface area contributed by atoms with Crippen LogP contribution in [-0.4, -0.2) is 18.1 Å². The number of carbonyl (C=O) groups excluding carboxylic acids is 1. The van der Waals surface area contributed by atoms with Gasteiger partial charge in [-0.3, -0.25) is 4.79 Å². The number of halogens is 3. The molecule has 0 aromatic heterocycles. The Bertz CT molecular complexity index is 593. The zero-order valence-corrected chi connectivity index (χ0v) is 11.2. The SMILES string of the molecule is CC1CCC(C(=O)Nc2ccc(C(F)(F)F)cc2C#N)O1. The highest BCUT2D eigenvalue weighted by Gasteiger charge is 2.32. The molecule has 0 radical (unpaired) electrons. The molecule has 7 heteroatoms. The van der Waals surface area contributed by atoms with Gasteiger partial charge in [0.15, 0.2) is 0 Å². The van der Waals surface area contributed by atoms with Gasteiger partial charge in [0.2, 0.25) is 0 Å². The van der Waals surface area contributed by atoms with E-state index in [0.717, 1.165) is 18.6 Å². The van der Waals surface area contributed by atoms with Gasteiger partial charge in [0, 0.05) is 0 Å². The van der Waals surface area contributed by atoms with Gasteiger partial charge in [-0.2, -0.15) is 18.4 Å². The summed E-state index contributed by atoms with van der Waals surface area (Å²) in [6, 6.07) is 4.28. The molecule has 0 saturated carbocycles. The van der Waals surface area contributed by atoms with Gasteiger partial charge in [-0.05, 0) is 38.0 Å². The molecule has 2 rings (SSSR count). The van der Waals surface area contributed by atoms with Crippen molar-refractivity contribution in [2.45, 2.75) is 38.1 Å². The standard InChI is InChI=1S/C14H13F3N2O2/c1-8-2-5-12(21-8)13(20)19-11-4-3-10(14(15,16)17)6-9(11)7-18/h3-4,6,8,12H,2,5H2,1H3,(H,19,20). The second-order valence-corrected chi connectivity index (χ2v) is 4.87. The summed E-state index contributed by atoms with van der Waals surface area (Å²) < 4.78 is 43.1. The molecule has 4 nitrogen and oxygen atoms in total. The van der Waals surface area contributed by atoms with Crippen LogP contribution in [0, 0.1) is 11.3 Å². The highest BCUT2D eigenvalue weighted by atomic mass is 19.4. The molecule has 1 aromatic carbocycles. The Labute approximate surface area is 119 Å².